The van der Waals surface area contributed by atoms with Crippen LogP contribution in [-0.4, -0.2) is 19.2 Å². The average Bonchev–Trinajstić information content (AvgIpc) is 3.02. The second kappa shape index (κ2) is 6.91. The molecule has 1 heterocycles. The molecule has 120 valence electrons. The Morgan fingerprint density at radius 1 is 1.17 bits per heavy atom. The molecule has 5 nitrogen and oxygen atoms in total. The quantitative estimate of drug-likeness (QED) is 0.838. The third kappa shape index (κ3) is 3.96. The highest BCUT2D eigenvalue weighted by Crippen LogP contribution is 2.34. The summed E-state index contributed by atoms with van der Waals surface area (Å²) in [5.41, 5.74) is 1.88. The predicted octanol–water partition coefficient (Wildman–Crippen LogP) is 3.47. The zero-order chi connectivity index (χ0) is 16.2. The van der Waals surface area contributed by atoms with Crippen molar-refractivity contribution in [3.63, 3.8) is 0 Å². The van der Waals surface area contributed by atoms with E-state index in [-0.39, 0.29) is 25.3 Å². The maximum Gasteiger partial charge on any atom is 0.239 e. The Morgan fingerprint density at radius 2 is 1.91 bits per heavy atom. The normalized spacial score (nSPS) is 13.5. The number of hydrogen-bond donors (Lipinski definition) is 2. The first-order valence-electron chi connectivity index (χ1n) is 7.30. The second-order valence-electron chi connectivity index (χ2n) is 5.26. The Hall–Kier alpha value is -2.21. The Balaban J connectivity index is 1.54. The molecule has 6 heteroatoms. The van der Waals surface area contributed by atoms with Crippen molar-refractivity contribution in [3.05, 3.63) is 52.5 Å². The van der Waals surface area contributed by atoms with Gasteiger partial charge in [0.1, 0.15) is 0 Å². The van der Waals surface area contributed by atoms with Crippen molar-refractivity contribution in [1.29, 1.82) is 0 Å². The summed E-state index contributed by atoms with van der Waals surface area (Å²) in [6, 6.07) is 13.3. The maximum absolute atomic E-state index is 12.1. The van der Waals surface area contributed by atoms with Crippen LogP contribution in [0.15, 0.2) is 46.9 Å². The lowest BCUT2D eigenvalue weighted by molar-refractivity contribution is -0.120. The molecular weight excluding hydrogens is 360 g/mol. The third-order valence-electron chi connectivity index (χ3n) is 3.57. The van der Waals surface area contributed by atoms with Gasteiger partial charge in [0.05, 0.1) is 12.6 Å². The number of ether oxygens (including phenoxy) is 2. The van der Waals surface area contributed by atoms with Gasteiger partial charge in [0.25, 0.3) is 0 Å². The molecule has 0 aromatic heterocycles. The Labute approximate surface area is 143 Å². The van der Waals surface area contributed by atoms with Crippen LogP contribution in [0.5, 0.6) is 11.5 Å². The average molecular weight is 377 g/mol. The topological polar surface area (TPSA) is 59.6 Å². The van der Waals surface area contributed by atoms with E-state index in [1.807, 2.05) is 49.4 Å². The van der Waals surface area contributed by atoms with Crippen LogP contribution in [0, 0.1) is 0 Å². The molecule has 23 heavy (non-hydrogen) atoms. The van der Waals surface area contributed by atoms with E-state index in [2.05, 4.69) is 26.6 Å². The van der Waals surface area contributed by atoms with E-state index in [0.717, 1.165) is 27.2 Å². The fraction of sp³-hybridized carbons (Fsp3) is 0.235. The number of hydrogen-bond acceptors (Lipinski definition) is 4. The van der Waals surface area contributed by atoms with Crippen LogP contribution in [0.1, 0.15) is 18.5 Å². The van der Waals surface area contributed by atoms with E-state index in [1.54, 1.807) is 0 Å². The summed E-state index contributed by atoms with van der Waals surface area (Å²) in [6.45, 7) is 2.40. The van der Waals surface area contributed by atoms with Crippen LogP contribution in [0.25, 0.3) is 0 Å². The number of anilines is 1. The molecule has 3 rings (SSSR count). The van der Waals surface area contributed by atoms with E-state index in [1.165, 1.54) is 0 Å². The predicted molar refractivity (Wildman–Crippen MR) is 91.8 cm³/mol. The number of amides is 1. The van der Waals surface area contributed by atoms with E-state index in [0.29, 0.717) is 0 Å². The lowest BCUT2D eigenvalue weighted by Gasteiger charge is -2.15. The van der Waals surface area contributed by atoms with Crippen LogP contribution < -0.4 is 20.1 Å². The van der Waals surface area contributed by atoms with Gasteiger partial charge < -0.3 is 20.1 Å². The van der Waals surface area contributed by atoms with E-state index < -0.39 is 0 Å². The molecule has 1 atom stereocenters. The van der Waals surface area contributed by atoms with Gasteiger partial charge in [-0.1, -0.05) is 22.0 Å². The minimum absolute atomic E-state index is 0.0712. The van der Waals surface area contributed by atoms with Gasteiger partial charge in [-0.15, -0.1) is 0 Å². The summed E-state index contributed by atoms with van der Waals surface area (Å²) >= 11 is 3.38. The van der Waals surface area contributed by atoms with Crippen LogP contribution in [0.3, 0.4) is 0 Å². The van der Waals surface area contributed by atoms with Gasteiger partial charge in [0, 0.05) is 10.2 Å². The number of halogens is 1. The Morgan fingerprint density at radius 3 is 2.70 bits per heavy atom. The first-order valence-corrected chi connectivity index (χ1v) is 8.09. The second-order valence-corrected chi connectivity index (χ2v) is 6.18. The highest BCUT2D eigenvalue weighted by Gasteiger charge is 2.16. The molecule has 2 aromatic carbocycles. The van der Waals surface area contributed by atoms with Crippen molar-refractivity contribution >= 4 is 27.5 Å². The van der Waals surface area contributed by atoms with Crippen molar-refractivity contribution < 1.29 is 14.3 Å². The van der Waals surface area contributed by atoms with E-state index >= 15 is 0 Å². The van der Waals surface area contributed by atoms with Crippen LogP contribution in [-0.2, 0) is 4.79 Å². The summed E-state index contributed by atoms with van der Waals surface area (Å²) in [4.78, 5) is 12.1. The summed E-state index contributed by atoms with van der Waals surface area (Å²) in [5.74, 6) is 1.39. The summed E-state index contributed by atoms with van der Waals surface area (Å²) in [5, 5.41) is 6.05. The standard InChI is InChI=1S/C17H17BrN2O3/c1-11(12-2-7-15-16(8-12)23-10-22-15)20-17(21)9-19-14-5-3-13(18)4-6-14/h2-8,11,19H,9-10H2,1H3,(H,20,21)/t11-/m0/s1. The smallest absolute Gasteiger partial charge is 0.239 e. The van der Waals surface area contributed by atoms with Crippen LogP contribution in [0.4, 0.5) is 5.69 Å². The number of rotatable bonds is 5. The zero-order valence-electron chi connectivity index (χ0n) is 12.6. The third-order valence-corrected chi connectivity index (χ3v) is 4.10. The van der Waals surface area contributed by atoms with Gasteiger partial charge in [-0.3, -0.25) is 4.79 Å². The molecule has 1 aliphatic rings. The first kappa shape index (κ1) is 15.7. The number of fused-ring (bicyclic) bond motifs is 1. The van der Waals surface area contributed by atoms with Gasteiger partial charge in [-0.25, -0.2) is 0 Å². The minimum atomic E-state index is -0.108. The van der Waals surface area contributed by atoms with Gasteiger partial charge in [-0.05, 0) is 48.9 Å². The summed E-state index contributed by atoms with van der Waals surface area (Å²) < 4.78 is 11.6. The SMILES string of the molecule is C[C@H](NC(=O)CNc1ccc(Br)cc1)c1ccc2c(c1)OCO2. The first-order chi connectivity index (χ1) is 11.1. The van der Waals surface area contributed by atoms with Crippen molar-refractivity contribution in [1.82, 2.24) is 5.32 Å². The fourth-order valence-corrected chi connectivity index (χ4v) is 2.57. The zero-order valence-corrected chi connectivity index (χ0v) is 14.2. The van der Waals surface area contributed by atoms with Gasteiger partial charge in [-0.2, -0.15) is 0 Å². The van der Waals surface area contributed by atoms with Gasteiger partial charge in [0.15, 0.2) is 11.5 Å². The lowest BCUT2D eigenvalue weighted by Crippen LogP contribution is -2.32. The van der Waals surface area contributed by atoms with E-state index in [4.69, 9.17) is 9.47 Å². The van der Waals surface area contributed by atoms with E-state index in [9.17, 15) is 4.79 Å². The number of nitrogens with one attached hydrogen (secondary N) is 2. The summed E-state index contributed by atoms with van der Waals surface area (Å²) in [7, 11) is 0. The molecule has 1 aliphatic heterocycles. The van der Waals surface area contributed by atoms with Crippen LogP contribution >= 0.6 is 15.9 Å². The highest BCUT2D eigenvalue weighted by molar-refractivity contribution is 9.10. The van der Waals surface area contributed by atoms with Crippen molar-refractivity contribution in [3.8, 4) is 11.5 Å². The van der Waals surface area contributed by atoms with Gasteiger partial charge in [0.2, 0.25) is 12.7 Å². The monoisotopic (exact) mass is 376 g/mol. The van der Waals surface area contributed by atoms with Crippen molar-refractivity contribution in [2.45, 2.75) is 13.0 Å². The van der Waals surface area contributed by atoms with Crippen molar-refractivity contribution in [2.24, 2.45) is 0 Å². The highest BCUT2D eigenvalue weighted by atomic mass is 79.9. The molecule has 2 N–H and O–H groups in total. The maximum atomic E-state index is 12.1. The molecule has 0 aliphatic carbocycles. The molecule has 0 radical (unpaired) electrons. The molecule has 0 spiro atoms. The Kier molecular flexibility index (Phi) is 4.71. The Bertz CT molecular complexity index is 703. The van der Waals surface area contributed by atoms with Crippen LogP contribution in [0.2, 0.25) is 0 Å². The molecule has 0 fully saturated rings. The lowest BCUT2D eigenvalue weighted by atomic mass is 10.1. The molecule has 0 saturated carbocycles. The largest absolute Gasteiger partial charge is 0.454 e. The minimum Gasteiger partial charge on any atom is -0.454 e. The molecule has 2 aromatic rings. The fourth-order valence-electron chi connectivity index (χ4n) is 2.31. The number of carbonyl (C=O) groups is 1. The molecular formula is C17H17BrN2O3. The summed E-state index contributed by atoms with van der Waals surface area (Å²) in [6.07, 6.45) is 0. The molecule has 0 bridgehead atoms. The number of benzene rings is 2. The van der Waals surface area contributed by atoms with Crippen molar-refractivity contribution in [2.75, 3.05) is 18.7 Å². The molecule has 0 saturated heterocycles. The number of carbonyl (C=O) groups excluding carboxylic acids is 1. The molecule has 1 amide bonds. The van der Waals surface area contributed by atoms with Gasteiger partial charge >= 0.3 is 0 Å². The molecule has 0 unspecified atom stereocenters.